The summed E-state index contributed by atoms with van der Waals surface area (Å²) in [7, 11) is 2.00. The van der Waals surface area contributed by atoms with Gasteiger partial charge in [-0.2, -0.15) is 0 Å². The minimum absolute atomic E-state index is 0.209. The van der Waals surface area contributed by atoms with Crippen LogP contribution in [0.15, 0.2) is 47.4 Å². The first-order chi connectivity index (χ1) is 11.5. The van der Waals surface area contributed by atoms with Crippen molar-refractivity contribution in [1.82, 2.24) is 4.98 Å². The summed E-state index contributed by atoms with van der Waals surface area (Å²) in [4.78, 5) is 27.0. The average molecular weight is 339 g/mol. The van der Waals surface area contributed by atoms with Crippen LogP contribution in [0.25, 0.3) is 10.8 Å². The zero-order valence-electron chi connectivity index (χ0n) is 13.4. The third-order valence-corrected chi connectivity index (χ3v) is 4.31. The highest BCUT2D eigenvalue weighted by Gasteiger charge is 2.13. The minimum Gasteiger partial charge on any atom is -0.329 e. The number of aromatic nitrogens is 1. The second-order valence-electron chi connectivity index (χ2n) is 5.69. The minimum atomic E-state index is -0.210. The summed E-state index contributed by atoms with van der Waals surface area (Å²) in [5, 5.41) is 4.39. The number of amides is 1. The molecular formula is C18H16BClN2O2. The molecule has 0 radical (unpaired) electrons. The average Bonchev–Trinajstić information content (AvgIpc) is 2.56. The summed E-state index contributed by atoms with van der Waals surface area (Å²) < 4.78 is 0. The fourth-order valence-corrected chi connectivity index (χ4v) is 2.94. The normalized spacial score (nSPS) is 10.8. The van der Waals surface area contributed by atoms with Crippen LogP contribution < -0.4 is 16.3 Å². The molecule has 4 nitrogen and oxygen atoms in total. The number of halogens is 1. The van der Waals surface area contributed by atoms with Crippen LogP contribution in [-0.2, 0) is 6.42 Å². The molecule has 2 N–H and O–H groups in total. The van der Waals surface area contributed by atoms with Crippen molar-refractivity contribution in [3.05, 3.63) is 69.1 Å². The molecule has 0 fully saturated rings. The zero-order valence-corrected chi connectivity index (χ0v) is 14.2. The van der Waals surface area contributed by atoms with Crippen LogP contribution in [0.4, 0.5) is 5.69 Å². The van der Waals surface area contributed by atoms with Gasteiger partial charge in [-0.15, -0.1) is 0 Å². The largest absolute Gasteiger partial charge is 0.329 e. The molecule has 0 unspecified atom stereocenters. The maximum Gasteiger partial charge on any atom is 0.255 e. The molecule has 24 heavy (non-hydrogen) atoms. The number of hydrogen-bond donors (Lipinski definition) is 2. The molecule has 0 aliphatic heterocycles. The van der Waals surface area contributed by atoms with Crippen molar-refractivity contribution in [2.24, 2.45) is 0 Å². The first kappa shape index (κ1) is 16.3. The van der Waals surface area contributed by atoms with E-state index >= 15 is 0 Å². The summed E-state index contributed by atoms with van der Waals surface area (Å²) in [6, 6.07) is 10.8. The lowest BCUT2D eigenvalue weighted by Gasteiger charge is -2.12. The quantitative estimate of drug-likeness (QED) is 0.720. The van der Waals surface area contributed by atoms with Crippen LogP contribution in [0.5, 0.6) is 0 Å². The molecule has 0 spiro atoms. The number of aryl methyl sites for hydroxylation is 1. The first-order valence-corrected chi connectivity index (χ1v) is 8.09. The van der Waals surface area contributed by atoms with Gasteiger partial charge in [-0.05, 0) is 41.6 Å². The molecule has 0 bridgehead atoms. The van der Waals surface area contributed by atoms with Crippen molar-refractivity contribution in [2.45, 2.75) is 13.3 Å². The monoisotopic (exact) mass is 338 g/mol. The van der Waals surface area contributed by atoms with Crippen molar-refractivity contribution < 1.29 is 4.79 Å². The lowest BCUT2D eigenvalue weighted by Crippen LogP contribution is -2.17. The van der Waals surface area contributed by atoms with Gasteiger partial charge >= 0.3 is 0 Å². The first-order valence-electron chi connectivity index (χ1n) is 7.71. The third kappa shape index (κ3) is 3.08. The van der Waals surface area contributed by atoms with E-state index in [-0.39, 0.29) is 11.5 Å². The SMILES string of the molecule is Bc1ccc(C(=O)Nc2cc3cc[nH]c(=O)c3cc2Cl)c(CC)c1. The predicted molar refractivity (Wildman–Crippen MR) is 102 cm³/mol. The Labute approximate surface area is 145 Å². The maximum atomic E-state index is 12.6. The smallest absolute Gasteiger partial charge is 0.255 e. The van der Waals surface area contributed by atoms with E-state index in [9.17, 15) is 9.59 Å². The number of pyridine rings is 1. The Kier molecular flexibility index (Phi) is 4.45. The maximum absolute atomic E-state index is 12.6. The van der Waals surface area contributed by atoms with E-state index < -0.39 is 0 Å². The summed E-state index contributed by atoms with van der Waals surface area (Å²) in [6.07, 6.45) is 2.34. The fraction of sp³-hybridized carbons (Fsp3) is 0.111. The molecule has 2 aromatic carbocycles. The molecular weight excluding hydrogens is 322 g/mol. The number of H-pyrrole nitrogens is 1. The number of nitrogens with one attached hydrogen (secondary N) is 2. The molecule has 0 saturated heterocycles. The Hall–Kier alpha value is -2.53. The number of carbonyl (C=O) groups excluding carboxylic acids is 1. The summed E-state index contributed by atoms with van der Waals surface area (Å²) in [6.45, 7) is 2.01. The molecule has 0 aliphatic rings. The van der Waals surface area contributed by atoms with Gasteiger partial charge in [0.15, 0.2) is 0 Å². The second-order valence-corrected chi connectivity index (χ2v) is 6.10. The zero-order chi connectivity index (χ0) is 17.3. The Bertz CT molecular complexity index is 998. The number of anilines is 1. The van der Waals surface area contributed by atoms with E-state index in [1.807, 2.05) is 33.0 Å². The molecule has 1 amide bonds. The second kappa shape index (κ2) is 6.53. The fourth-order valence-electron chi connectivity index (χ4n) is 2.73. The molecule has 0 saturated carbocycles. The standard InChI is InChI=1S/C18H16BClN2O2/c1-2-10-7-12(19)3-4-13(10)18(24)22-16-8-11-5-6-21-17(23)14(11)9-15(16)20/h3-9H,2,19H2,1H3,(H,21,23)(H,22,24). The van der Waals surface area contributed by atoms with Crippen LogP contribution in [0.1, 0.15) is 22.8 Å². The van der Waals surface area contributed by atoms with Gasteiger partial charge in [-0.3, -0.25) is 9.59 Å². The van der Waals surface area contributed by atoms with E-state index in [0.29, 0.717) is 21.7 Å². The number of rotatable bonds is 3. The number of carbonyl (C=O) groups is 1. The van der Waals surface area contributed by atoms with E-state index in [1.54, 1.807) is 24.4 Å². The van der Waals surface area contributed by atoms with Gasteiger partial charge in [-0.25, -0.2) is 0 Å². The van der Waals surface area contributed by atoms with Crippen LogP contribution in [-0.4, -0.2) is 18.7 Å². The number of benzene rings is 2. The van der Waals surface area contributed by atoms with Crippen molar-refractivity contribution in [3.63, 3.8) is 0 Å². The Morgan fingerprint density at radius 2 is 2.04 bits per heavy atom. The van der Waals surface area contributed by atoms with Crippen LogP contribution in [0, 0.1) is 0 Å². The van der Waals surface area contributed by atoms with Crippen molar-refractivity contribution in [1.29, 1.82) is 0 Å². The van der Waals surface area contributed by atoms with E-state index in [4.69, 9.17) is 11.6 Å². The molecule has 3 rings (SSSR count). The van der Waals surface area contributed by atoms with Gasteiger partial charge in [0.2, 0.25) is 0 Å². The third-order valence-electron chi connectivity index (χ3n) is 4.00. The topological polar surface area (TPSA) is 62.0 Å². The Balaban J connectivity index is 1.99. The summed E-state index contributed by atoms with van der Waals surface area (Å²) >= 11 is 6.24. The van der Waals surface area contributed by atoms with Gasteiger partial charge in [-0.1, -0.05) is 36.1 Å². The van der Waals surface area contributed by atoms with Crippen LogP contribution in [0.3, 0.4) is 0 Å². The number of fused-ring (bicyclic) bond motifs is 1. The lowest BCUT2D eigenvalue weighted by molar-refractivity contribution is 0.102. The van der Waals surface area contributed by atoms with E-state index in [2.05, 4.69) is 10.3 Å². The highest BCUT2D eigenvalue weighted by atomic mass is 35.5. The molecule has 1 aromatic heterocycles. The number of hydrogen-bond acceptors (Lipinski definition) is 2. The lowest BCUT2D eigenvalue weighted by atomic mass is 9.91. The molecule has 3 aromatic rings. The highest BCUT2D eigenvalue weighted by Crippen LogP contribution is 2.27. The number of aromatic amines is 1. The van der Waals surface area contributed by atoms with Crippen LogP contribution >= 0.6 is 11.6 Å². The Morgan fingerprint density at radius 1 is 1.25 bits per heavy atom. The molecule has 120 valence electrons. The van der Waals surface area contributed by atoms with Gasteiger partial charge in [0.25, 0.3) is 11.5 Å². The molecule has 0 aliphatic carbocycles. The van der Waals surface area contributed by atoms with Gasteiger partial charge in [0, 0.05) is 17.1 Å². The highest BCUT2D eigenvalue weighted by molar-refractivity contribution is 6.35. The van der Waals surface area contributed by atoms with Crippen molar-refractivity contribution in [2.75, 3.05) is 5.32 Å². The van der Waals surface area contributed by atoms with Gasteiger partial charge < -0.3 is 10.3 Å². The molecule has 1 heterocycles. The summed E-state index contributed by atoms with van der Waals surface area (Å²) in [5.74, 6) is -0.210. The van der Waals surface area contributed by atoms with Crippen molar-refractivity contribution >= 4 is 47.3 Å². The van der Waals surface area contributed by atoms with Gasteiger partial charge in [0.1, 0.15) is 7.85 Å². The van der Waals surface area contributed by atoms with E-state index in [1.165, 1.54) is 0 Å². The van der Waals surface area contributed by atoms with Gasteiger partial charge in [0.05, 0.1) is 10.7 Å². The van der Waals surface area contributed by atoms with Crippen molar-refractivity contribution in [3.8, 4) is 0 Å². The molecule has 0 atom stereocenters. The van der Waals surface area contributed by atoms with E-state index in [0.717, 1.165) is 22.8 Å². The Morgan fingerprint density at radius 3 is 2.79 bits per heavy atom. The van der Waals surface area contributed by atoms with Crippen LogP contribution in [0.2, 0.25) is 5.02 Å². The summed E-state index contributed by atoms with van der Waals surface area (Å²) in [5.41, 5.74) is 3.01. The molecule has 6 heteroatoms. The predicted octanol–water partition coefficient (Wildman–Crippen LogP) is 2.25.